The first kappa shape index (κ1) is 14.5. The highest BCUT2D eigenvalue weighted by Crippen LogP contribution is 2.34. The van der Waals surface area contributed by atoms with Gasteiger partial charge in [0.05, 0.1) is 23.6 Å². The maximum absolute atomic E-state index is 12.6. The Morgan fingerprint density at radius 3 is 2.95 bits per heavy atom. The van der Waals surface area contributed by atoms with E-state index in [0.29, 0.717) is 18.7 Å². The van der Waals surface area contributed by atoms with Gasteiger partial charge in [-0.3, -0.25) is 9.59 Å². The van der Waals surface area contributed by atoms with Crippen molar-refractivity contribution in [3.8, 4) is 0 Å². The zero-order valence-corrected chi connectivity index (χ0v) is 13.1. The van der Waals surface area contributed by atoms with Crippen LogP contribution in [0.1, 0.15) is 30.6 Å². The summed E-state index contributed by atoms with van der Waals surface area (Å²) in [6.45, 7) is 4.94. The van der Waals surface area contributed by atoms with E-state index in [9.17, 15) is 9.59 Å². The molecule has 2 saturated heterocycles. The standard InChI is InChI=1S/C15H20N2O3S/c1-9(2)16-14(18)11-7-17(12-3-5-20-13(11)12)15(19)10-4-6-21-8-10/h4,6,8-9,11-13H,3,5,7H2,1-2H3,(H,16,18)/t11-,12+,13+/m1/s1. The van der Waals surface area contributed by atoms with Crippen molar-refractivity contribution in [3.63, 3.8) is 0 Å². The van der Waals surface area contributed by atoms with Crippen LogP contribution in [0, 0.1) is 5.92 Å². The van der Waals surface area contributed by atoms with Crippen LogP contribution in [0.2, 0.25) is 0 Å². The predicted octanol–water partition coefficient (Wildman–Crippen LogP) is 1.50. The second kappa shape index (κ2) is 5.77. The van der Waals surface area contributed by atoms with Crippen LogP contribution in [0.15, 0.2) is 16.8 Å². The molecule has 3 atom stereocenters. The smallest absolute Gasteiger partial charge is 0.255 e. The number of likely N-dealkylation sites (tertiary alicyclic amines) is 1. The predicted molar refractivity (Wildman–Crippen MR) is 80.3 cm³/mol. The number of fused-ring (bicyclic) bond motifs is 1. The quantitative estimate of drug-likeness (QED) is 0.920. The molecule has 0 unspecified atom stereocenters. The van der Waals surface area contributed by atoms with Crippen LogP contribution in [0.3, 0.4) is 0 Å². The molecule has 5 nitrogen and oxygen atoms in total. The van der Waals surface area contributed by atoms with Gasteiger partial charge in [0, 0.05) is 24.6 Å². The molecule has 0 aromatic carbocycles. The number of carbonyl (C=O) groups is 2. The van der Waals surface area contributed by atoms with Crippen LogP contribution in [0.4, 0.5) is 0 Å². The van der Waals surface area contributed by atoms with Crippen molar-refractivity contribution in [1.82, 2.24) is 10.2 Å². The van der Waals surface area contributed by atoms with Gasteiger partial charge < -0.3 is 15.0 Å². The van der Waals surface area contributed by atoms with E-state index < -0.39 is 0 Å². The van der Waals surface area contributed by atoms with Crippen LogP contribution in [0.25, 0.3) is 0 Å². The van der Waals surface area contributed by atoms with Crippen molar-refractivity contribution in [1.29, 1.82) is 0 Å². The number of amides is 2. The van der Waals surface area contributed by atoms with E-state index in [4.69, 9.17) is 4.74 Å². The summed E-state index contributed by atoms with van der Waals surface area (Å²) >= 11 is 1.51. The molecule has 0 aliphatic carbocycles. The van der Waals surface area contributed by atoms with Crippen LogP contribution in [-0.2, 0) is 9.53 Å². The van der Waals surface area contributed by atoms with Gasteiger partial charge in [0.15, 0.2) is 0 Å². The van der Waals surface area contributed by atoms with Crippen LogP contribution in [0.5, 0.6) is 0 Å². The molecule has 114 valence electrons. The van der Waals surface area contributed by atoms with Crippen molar-refractivity contribution >= 4 is 23.2 Å². The van der Waals surface area contributed by atoms with E-state index in [0.717, 1.165) is 6.42 Å². The summed E-state index contributed by atoms with van der Waals surface area (Å²) in [6, 6.07) is 1.96. The minimum atomic E-state index is -0.262. The van der Waals surface area contributed by atoms with Crippen molar-refractivity contribution in [3.05, 3.63) is 22.4 Å². The zero-order valence-electron chi connectivity index (χ0n) is 12.2. The number of rotatable bonds is 3. The molecule has 3 rings (SSSR count). The third-order valence-electron chi connectivity index (χ3n) is 4.09. The van der Waals surface area contributed by atoms with Gasteiger partial charge in [-0.2, -0.15) is 11.3 Å². The Hall–Kier alpha value is -1.40. The molecule has 0 bridgehead atoms. The third kappa shape index (κ3) is 2.70. The fourth-order valence-corrected chi connectivity index (χ4v) is 3.81. The Labute approximate surface area is 128 Å². The number of nitrogens with one attached hydrogen (secondary N) is 1. The third-order valence-corrected chi connectivity index (χ3v) is 4.77. The molecular formula is C15H20N2O3S. The number of nitrogens with zero attached hydrogens (tertiary/aromatic N) is 1. The minimum absolute atomic E-state index is 0.0107. The van der Waals surface area contributed by atoms with Crippen LogP contribution in [-0.4, -0.2) is 48.1 Å². The van der Waals surface area contributed by atoms with Gasteiger partial charge in [0.25, 0.3) is 5.91 Å². The first-order valence-corrected chi connectivity index (χ1v) is 8.27. The topological polar surface area (TPSA) is 58.6 Å². The second-order valence-electron chi connectivity index (χ2n) is 5.93. The molecule has 6 heteroatoms. The highest BCUT2D eigenvalue weighted by molar-refractivity contribution is 7.08. The molecular weight excluding hydrogens is 288 g/mol. The lowest BCUT2D eigenvalue weighted by Crippen LogP contribution is -2.41. The van der Waals surface area contributed by atoms with Crippen molar-refractivity contribution in [2.24, 2.45) is 5.92 Å². The number of carbonyl (C=O) groups excluding carboxylic acids is 2. The number of hydrogen-bond donors (Lipinski definition) is 1. The summed E-state index contributed by atoms with van der Waals surface area (Å²) in [6.07, 6.45) is 0.651. The van der Waals surface area contributed by atoms with Crippen molar-refractivity contribution in [2.75, 3.05) is 13.2 Å². The van der Waals surface area contributed by atoms with E-state index in [1.165, 1.54) is 11.3 Å². The molecule has 2 aliphatic rings. The lowest BCUT2D eigenvalue weighted by Gasteiger charge is -2.21. The Morgan fingerprint density at radius 2 is 2.29 bits per heavy atom. The largest absolute Gasteiger partial charge is 0.375 e. The molecule has 2 aliphatic heterocycles. The van der Waals surface area contributed by atoms with E-state index in [1.54, 1.807) is 0 Å². The van der Waals surface area contributed by atoms with Gasteiger partial charge in [-0.1, -0.05) is 0 Å². The fraction of sp³-hybridized carbons (Fsp3) is 0.600. The van der Waals surface area contributed by atoms with E-state index in [1.807, 2.05) is 35.6 Å². The molecule has 0 spiro atoms. The molecule has 2 amide bonds. The molecule has 2 fully saturated rings. The number of thiophene rings is 1. The van der Waals surface area contributed by atoms with E-state index in [-0.39, 0.29) is 35.9 Å². The highest BCUT2D eigenvalue weighted by Gasteiger charge is 2.50. The fourth-order valence-electron chi connectivity index (χ4n) is 3.18. The maximum atomic E-state index is 12.6. The van der Waals surface area contributed by atoms with Crippen molar-refractivity contribution < 1.29 is 14.3 Å². The van der Waals surface area contributed by atoms with Crippen LogP contribution >= 0.6 is 11.3 Å². The van der Waals surface area contributed by atoms with Gasteiger partial charge in [-0.15, -0.1) is 0 Å². The number of hydrogen-bond acceptors (Lipinski definition) is 4. The normalized spacial score (nSPS) is 28.0. The Kier molecular flexibility index (Phi) is 3.99. The molecule has 0 radical (unpaired) electrons. The Balaban J connectivity index is 1.78. The summed E-state index contributed by atoms with van der Waals surface area (Å²) < 4.78 is 5.74. The van der Waals surface area contributed by atoms with Crippen LogP contribution < -0.4 is 5.32 Å². The summed E-state index contributed by atoms with van der Waals surface area (Å²) in [7, 11) is 0. The maximum Gasteiger partial charge on any atom is 0.255 e. The molecule has 21 heavy (non-hydrogen) atoms. The van der Waals surface area contributed by atoms with Gasteiger partial charge in [-0.05, 0) is 31.7 Å². The summed E-state index contributed by atoms with van der Waals surface area (Å²) in [4.78, 5) is 26.7. The monoisotopic (exact) mass is 308 g/mol. The second-order valence-corrected chi connectivity index (χ2v) is 6.71. The van der Waals surface area contributed by atoms with Gasteiger partial charge >= 0.3 is 0 Å². The van der Waals surface area contributed by atoms with Gasteiger partial charge in [-0.25, -0.2) is 0 Å². The average molecular weight is 308 g/mol. The first-order valence-electron chi connectivity index (χ1n) is 7.33. The molecule has 1 N–H and O–H groups in total. The van der Waals surface area contributed by atoms with E-state index >= 15 is 0 Å². The average Bonchev–Trinajstić information content (AvgIpc) is 3.14. The first-order chi connectivity index (χ1) is 10.1. The van der Waals surface area contributed by atoms with E-state index in [2.05, 4.69) is 5.32 Å². The lowest BCUT2D eigenvalue weighted by atomic mass is 10.0. The van der Waals surface area contributed by atoms with Crippen molar-refractivity contribution in [2.45, 2.75) is 38.5 Å². The summed E-state index contributed by atoms with van der Waals surface area (Å²) in [5.41, 5.74) is 0.704. The lowest BCUT2D eigenvalue weighted by molar-refractivity contribution is -0.128. The molecule has 1 aromatic rings. The van der Waals surface area contributed by atoms with Gasteiger partial charge in [0.1, 0.15) is 0 Å². The Bertz CT molecular complexity index is 529. The molecule has 0 saturated carbocycles. The Morgan fingerprint density at radius 1 is 1.48 bits per heavy atom. The molecule has 3 heterocycles. The number of ether oxygens (including phenoxy) is 1. The summed E-state index contributed by atoms with van der Waals surface area (Å²) in [5, 5.41) is 6.69. The SMILES string of the molecule is CC(C)NC(=O)[C@@H]1CN(C(=O)c2ccsc2)[C@H]2CCO[C@@H]12. The van der Waals surface area contributed by atoms with Gasteiger partial charge in [0.2, 0.25) is 5.91 Å². The summed E-state index contributed by atoms with van der Waals surface area (Å²) in [5.74, 6) is -0.262. The zero-order chi connectivity index (χ0) is 15.0. The minimum Gasteiger partial charge on any atom is -0.375 e. The molecule has 1 aromatic heterocycles. The highest BCUT2D eigenvalue weighted by atomic mass is 32.1.